The second-order valence-corrected chi connectivity index (χ2v) is 16.7. The van der Waals surface area contributed by atoms with Gasteiger partial charge in [-0.3, -0.25) is 0 Å². The third kappa shape index (κ3) is 5.41. The molecule has 3 nitrogen and oxygen atoms in total. The monoisotopic (exact) mass is 817 g/mol. The van der Waals surface area contributed by atoms with E-state index >= 15 is 0 Å². The van der Waals surface area contributed by atoms with E-state index in [0.717, 1.165) is 83.2 Å². The molecule has 1 aliphatic carbocycles. The Labute approximate surface area is 370 Å². The Morgan fingerprint density at radius 2 is 0.812 bits per heavy atom. The van der Waals surface area contributed by atoms with E-state index < -0.39 is 5.41 Å². The number of furan rings is 2. The molecule has 12 aromatic rings. The van der Waals surface area contributed by atoms with Crippen LogP contribution in [0.3, 0.4) is 0 Å². The third-order valence-corrected chi connectivity index (χ3v) is 13.4. The summed E-state index contributed by atoms with van der Waals surface area (Å²) in [6.45, 7) is 0. The molecule has 0 amide bonds. The summed E-state index contributed by atoms with van der Waals surface area (Å²) in [4.78, 5) is 2.39. The molecular formula is C61H39NO2. The molecule has 2 heterocycles. The lowest BCUT2D eigenvalue weighted by atomic mass is 9.68. The summed E-state index contributed by atoms with van der Waals surface area (Å²) in [5.41, 5.74) is 18.3. The van der Waals surface area contributed by atoms with Crippen LogP contribution in [-0.2, 0) is 5.41 Å². The molecule has 0 radical (unpaired) electrons. The molecule has 0 spiro atoms. The summed E-state index contributed by atoms with van der Waals surface area (Å²) < 4.78 is 12.8. The zero-order valence-electron chi connectivity index (χ0n) is 34.8. The minimum absolute atomic E-state index is 0.475. The van der Waals surface area contributed by atoms with Crippen molar-refractivity contribution in [3.63, 3.8) is 0 Å². The summed E-state index contributed by atoms with van der Waals surface area (Å²) in [6.07, 6.45) is 0. The first-order valence-corrected chi connectivity index (χ1v) is 21.9. The van der Waals surface area contributed by atoms with Gasteiger partial charge in [-0.1, -0.05) is 182 Å². The maximum Gasteiger partial charge on any atom is 0.143 e. The average Bonchev–Trinajstić information content (AvgIpc) is 4.04. The molecular weight excluding hydrogens is 779 g/mol. The average molecular weight is 818 g/mol. The standard InChI is InChI=1S/C61H39NO2/c1-3-15-42(16-4-1)61(43-17-5-2-6-18-43)54-25-10-7-19-49(54)53-39-46(37-38-55(53)61)62(44-33-29-40(30-34-44)47-22-14-28-58-59(47)52-21-9-12-27-57(52)63-58)45-35-31-41(32-36-45)48-23-13-24-51-50-20-8-11-26-56(50)64-60(48)51/h1-39H. The van der Waals surface area contributed by atoms with Crippen molar-refractivity contribution in [2.75, 3.05) is 4.90 Å². The van der Waals surface area contributed by atoms with Gasteiger partial charge in [0.2, 0.25) is 0 Å². The van der Waals surface area contributed by atoms with Gasteiger partial charge in [-0.25, -0.2) is 0 Å². The highest BCUT2D eigenvalue weighted by molar-refractivity contribution is 6.12. The minimum atomic E-state index is -0.475. The Balaban J connectivity index is 0.984. The van der Waals surface area contributed by atoms with Crippen LogP contribution >= 0.6 is 0 Å². The zero-order chi connectivity index (χ0) is 42.2. The Bertz CT molecular complexity index is 3670. The van der Waals surface area contributed by atoms with Gasteiger partial charge >= 0.3 is 0 Å². The molecule has 0 N–H and O–H groups in total. The molecule has 0 bridgehead atoms. The van der Waals surface area contributed by atoms with Crippen LogP contribution in [0.25, 0.3) is 77.3 Å². The summed E-state index contributed by atoms with van der Waals surface area (Å²) in [5, 5.41) is 4.51. The van der Waals surface area contributed by atoms with Crippen molar-refractivity contribution in [3.8, 4) is 33.4 Å². The van der Waals surface area contributed by atoms with E-state index in [4.69, 9.17) is 8.83 Å². The SMILES string of the molecule is c1ccc(C2(c3ccccc3)c3ccccc3-c3cc(N(c4ccc(-c5cccc6c5oc5ccccc56)cc4)c4ccc(-c5cccc6oc7ccccc7c56)cc4)ccc32)cc1. The lowest BCUT2D eigenvalue weighted by Crippen LogP contribution is -2.28. The van der Waals surface area contributed by atoms with Gasteiger partial charge in [0.15, 0.2) is 0 Å². The van der Waals surface area contributed by atoms with E-state index in [1.165, 1.54) is 33.4 Å². The molecule has 0 saturated carbocycles. The fraction of sp³-hybridized carbons (Fsp3) is 0.0164. The molecule has 1 aliphatic rings. The smallest absolute Gasteiger partial charge is 0.143 e. The number of anilines is 3. The van der Waals surface area contributed by atoms with Gasteiger partial charge in [0.1, 0.15) is 22.3 Å². The van der Waals surface area contributed by atoms with E-state index in [2.05, 4.69) is 217 Å². The Hall–Kier alpha value is -8.40. The molecule has 0 aliphatic heterocycles. The van der Waals surface area contributed by atoms with Crippen LogP contribution in [0, 0.1) is 0 Å². The molecule has 0 saturated heterocycles. The number of nitrogens with zero attached hydrogens (tertiary/aromatic N) is 1. The van der Waals surface area contributed by atoms with Crippen molar-refractivity contribution in [2.45, 2.75) is 5.41 Å². The second kappa shape index (κ2) is 14.3. The van der Waals surface area contributed by atoms with Crippen LogP contribution in [0.1, 0.15) is 22.3 Å². The zero-order valence-corrected chi connectivity index (χ0v) is 34.8. The number of rotatable bonds is 7. The predicted octanol–water partition coefficient (Wildman–Crippen LogP) is 16.7. The lowest BCUT2D eigenvalue weighted by molar-refractivity contribution is 0.669. The molecule has 0 fully saturated rings. The lowest BCUT2D eigenvalue weighted by Gasteiger charge is -2.34. The van der Waals surface area contributed by atoms with Crippen molar-refractivity contribution < 1.29 is 8.83 Å². The molecule has 0 atom stereocenters. The van der Waals surface area contributed by atoms with Crippen LogP contribution in [0.15, 0.2) is 245 Å². The van der Waals surface area contributed by atoms with Gasteiger partial charge in [0, 0.05) is 44.2 Å². The van der Waals surface area contributed by atoms with Crippen LogP contribution < -0.4 is 4.90 Å². The normalized spacial score (nSPS) is 12.8. The quantitative estimate of drug-likeness (QED) is 0.160. The molecule has 0 unspecified atom stereocenters. The third-order valence-electron chi connectivity index (χ3n) is 13.4. The maximum atomic E-state index is 6.48. The predicted molar refractivity (Wildman–Crippen MR) is 264 cm³/mol. The maximum absolute atomic E-state index is 6.48. The molecule has 2 aromatic heterocycles. The molecule has 10 aromatic carbocycles. The number of hydrogen-bond acceptors (Lipinski definition) is 3. The Morgan fingerprint density at radius 1 is 0.312 bits per heavy atom. The molecule has 3 heteroatoms. The fourth-order valence-electron chi connectivity index (χ4n) is 10.6. The van der Waals surface area contributed by atoms with Crippen molar-refractivity contribution in [1.82, 2.24) is 0 Å². The number of benzene rings is 10. The van der Waals surface area contributed by atoms with Gasteiger partial charge in [0.25, 0.3) is 0 Å². The first-order valence-electron chi connectivity index (χ1n) is 21.9. The van der Waals surface area contributed by atoms with Gasteiger partial charge < -0.3 is 13.7 Å². The first kappa shape index (κ1) is 36.3. The fourth-order valence-corrected chi connectivity index (χ4v) is 10.6. The van der Waals surface area contributed by atoms with Gasteiger partial charge in [-0.2, -0.15) is 0 Å². The van der Waals surface area contributed by atoms with Crippen LogP contribution in [0.5, 0.6) is 0 Å². The summed E-state index contributed by atoms with van der Waals surface area (Å²) >= 11 is 0. The van der Waals surface area contributed by atoms with Crippen LogP contribution in [0.2, 0.25) is 0 Å². The van der Waals surface area contributed by atoms with Crippen LogP contribution in [-0.4, -0.2) is 0 Å². The van der Waals surface area contributed by atoms with E-state index in [0.29, 0.717) is 0 Å². The highest BCUT2D eigenvalue weighted by Crippen LogP contribution is 2.57. The molecule has 13 rings (SSSR count). The second-order valence-electron chi connectivity index (χ2n) is 16.7. The van der Waals surface area contributed by atoms with Crippen molar-refractivity contribution in [2.24, 2.45) is 0 Å². The van der Waals surface area contributed by atoms with Gasteiger partial charge in [-0.15, -0.1) is 0 Å². The topological polar surface area (TPSA) is 29.5 Å². The van der Waals surface area contributed by atoms with Gasteiger partial charge in [0.05, 0.1) is 5.41 Å². The number of fused-ring (bicyclic) bond motifs is 9. The number of para-hydroxylation sites is 3. The highest BCUT2D eigenvalue weighted by Gasteiger charge is 2.46. The van der Waals surface area contributed by atoms with Crippen molar-refractivity contribution >= 4 is 60.9 Å². The van der Waals surface area contributed by atoms with E-state index in [9.17, 15) is 0 Å². The van der Waals surface area contributed by atoms with E-state index in [-0.39, 0.29) is 0 Å². The largest absolute Gasteiger partial charge is 0.456 e. The highest BCUT2D eigenvalue weighted by atomic mass is 16.3. The molecule has 300 valence electrons. The summed E-state index contributed by atoms with van der Waals surface area (Å²) in [7, 11) is 0. The molecule has 64 heavy (non-hydrogen) atoms. The van der Waals surface area contributed by atoms with Crippen molar-refractivity contribution in [1.29, 1.82) is 0 Å². The van der Waals surface area contributed by atoms with E-state index in [1.54, 1.807) is 0 Å². The summed E-state index contributed by atoms with van der Waals surface area (Å²) in [6, 6.07) is 85.3. The minimum Gasteiger partial charge on any atom is -0.456 e. The number of hydrogen-bond donors (Lipinski definition) is 0. The Morgan fingerprint density at radius 3 is 1.53 bits per heavy atom. The van der Waals surface area contributed by atoms with E-state index in [1.807, 2.05) is 24.3 Å². The Kier molecular flexibility index (Phi) is 8.13. The van der Waals surface area contributed by atoms with Gasteiger partial charge in [-0.05, 0) is 105 Å². The van der Waals surface area contributed by atoms with Crippen LogP contribution in [0.4, 0.5) is 17.1 Å². The summed E-state index contributed by atoms with van der Waals surface area (Å²) in [5.74, 6) is 0. The first-order chi connectivity index (χ1) is 31.7. The van der Waals surface area contributed by atoms with Crippen molar-refractivity contribution in [3.05, 3.63) is 259 Å².